The van der Waals surface area contributed by atoms with Gasteiger partial charge in [0.05, 0.1) is 0 Å². The van der Waals surface area contributed by atoms with Crippen molar-refractivity contribution in [2.24, 2.45) is 5.73 Å². The van der Waals surface area contributed by atoms with Crippen molar-refractivity contribution in [1.82, 2.24) is 4.98 Å². The van der Waals surface area contributed by atoms with Crippen LogP contribution in [0.1, 0.15) is 12.5 Å². The largest absolute Gasteiger partial charge is 0.467 e. The van der Waals surface area contributed by atoms with Crippen molar-refractivity contribution in [1.29, 1.82) is 0 Å². The van der Waals surface area contributed by atoms with E-state index in [1.165, 1.54) is 19.2 Å². The van der Waals surface area contributed by atoms with Crippen molar-refractivity contribution in [3.8, 4) is 5.88 Å². The van der Waals surface area contributed by atoms with Gasteiger partial charge in [0.15, 0.2) is 6.61 Å². The summed E-state index contributed by atoms with van der Waals surface area (Å²) in [5, 5.41) is 2.34. The molecule has 1 rings (SSSR count). The van der Waals surface area contributed by atoms with Crippen molar-refractivity contribution in [2.75, 3.05) is 11.9 Å². The Kier molecular flexibility index (Phi) is 6.57. The van der Waals surface area contributed by atoms with Crippen LogP contribution in [0.2, 0.25) is 0 Å². The van der Waals surface area contributed by atoms with E-state index in [4.69, 9.17) is 5.73 Å². The van der Waals surface area contributed by atoms with Crippen molar-refractivity contribution in [2.45, 2.75) is 19.6 Å². The second-order valence-electron chi connectivity index (χ2n) is 3.49. The molecule has 3 N–H and O–H groups in total. The molecular weight excluding hydrogens is 287 g/mol. The Hall–Kier alpha value is -1.54. The number of rotatable bonds is 4. The summed E-state index contributed by atoms with van der Waals surface area (Å²) < 4.78 is 40.6. The molecule has 1 aromatic heterocycles. The second kappa shape index (κ2) is 7.15. The zero-order valence-electron chi connectivity index (χ0n) is 9.95. The van der Waals surface area contributed by atoms with E-state index in [1.54, 1.807) is 0 Å². The van der Waals surface area contributed by atoms with Gasteiger partial charge in [-0.25, -0.2) is 4.98 Å². The molecule has 108 valence electrons. The van der Waals surface area contributed by atoms with E-state index in [2.05, 4.69) is 15.0 Å². The van der Waals surface area contributed by atoms with Gasteiger partial charge in [0.25, 0.3) is 0 Å². The minimum Gasteiger partial charge on any atom is -0.467 e. The Morgan fingerprint density at radius 3 is 2.63 bits per heavy atom. The number of carbonyl (C=O) groups is 1. The van der Waals surface area contributed by atoms with Gasteiger partial charge in [-0.2, -0.15) is 13.2 Å². The summed E-state index contributed by atoms with van der Waals surface area (Å²) in [5.41, 5.74) is 6.00. The number of aromatic nitrogens is 1. The molecule has 0 bridgehead atoms. The summed E-state index contributed by atoms with van der Waals surface area (Å²) in [6.45, 7) is -0.101. The predicted molar refractivity (Wildman–Crippen MR) is 65.2 cm³/mol. The Morgan fingerprint density at radius 1 is 1.53 bits per heavy atom. The van der Waals surface area contributed by atoms with Crippen LogP contribution >= 0.6 is 12.4 Å². The normalized spacial score (nSPS) is 10.6. The van der Waals surface area contributed by atoms with Crippen molar-refractivity contribution >= 4 is 24.0 Å². The number of nitrogens with one attached hydrogen (secondary N) is 1. The van der Waals surface area contributed by atoms with Crippen LogP contribution in [0, 0.1) is 0 Å². The molecule has 0 aromatic carbocycles. The van der Waals surface area contributed by atoms with Gasteiger partial charge in [0, 0.05) is 19.7 Å². The molecule has 0 saturated carbocycles. The number of ether oxygens (including phenoxy) is 1. The fourth-order valence-corrected chi connectivity index (χ4v) is 1.15. The summed E-state index contributed by atoms with van der Waals surface area (Å²) in [4.78, 5) is 14.6. The lowest BCUT2D eigenvalue weighted by molar-refractivity contribution is -0.153. The number of nitrogens with zero attached hydrogens (tertiary/aromatic N) is 1. The lowest BCUT2D eigenvalue weighted by Crippen LogP contribution is -2.20. The smallest absolute Gasteiger partial charge is 0.422 e. The first-order chi connectivity index (χ1) is 8.31. The third-order valence-corrected chi connectivity index (χ3v) is 1.83. The van der Waals surface area contributed by atoms with Crippen LogP contribution in [0.25, 0.3) is 0 Å². The number of pyridine rings is 1. The molecule has 1 amide bonds. The van der Waals surface area contributed by atoms with Gasteiger partial charge in [0.2, 0.25) is 11.8 Å². The molecule has 0 unspecified atom stereocenters. The van der Waals surface area contributed by atoms with Gasteiger partial charge in [-0.3, -0.25) is 4.79 Å². The number of hydrogen-bond acceptors (Lipinski definition) is 4. The van der Waals surface area contributed by atoms with Crippen molar-refractivity contribution in [3.63, 3.8) is 0 Å². The standard InChI is InChI=1S/C10H12F3N3O2.ClH/c1-6(17)16-8-2-7(3-14)4-15-9(8)18-5-10(11,12)13;/h2,4H,3,5,14H2,1H3,(H,16,17);1H. The zero-order valence-corrected chi connectivity index (χ0v) is 10.8. The highest BCUT2D eigenvalue weighted by Gasteiger charge is 2.29. The first-order valence-corrected chi connectivity index (χ1v) is 4.98. The average Bonchev–Trinajstić information content (AvgIpc) is 2.25. The molecule has 0 aliphatic heterocycles. The summed E-state index contributed by atoms with van der Waals surface area (Å²) in [6, 6.07) is 1.42. The maximum atomic E-state index is 12.0. The highest BCUT2D eigenvalue weighted by Crippen LogP contribution is 2.25. The average molecular weight is 300 g/mol. The molecular formula is C10H13ClF3N3O2. The van der Waals surface area contributed by atoms with Crippen LogP contribution in [0.15, 0.2) is 12.3 Å². The van der Waals surface area contributed by atoms with Gasteiger partial charge >= 0.3 is 6.18 Å². The fraction of sp³-hybridized carbons (Fsp3) is 0.400. The molecule has 9 heteroatoms. The molecule has 5 nitrogen and oxygen atoms in total. The highest BCUT2D eigenvalue weighted by atomic mass is 35.5. The van der Waals surface area contributed by atoms with Gasteiger partial charge in [-0.05, 0) is 11.6 Å². The topological polar surface area (TPSA) is 77.2 Å². The van der Waals surface area contributed by atoms with Crippen LogP contribution in [0.5, 0.6) is 5.88 Å². The molecule has 0 radical (unpaired) electrons. The molecule has 0 aliphatic rings. The number of halogens is 4. The molecule has 1 aromatic rings. The molecule has 1 heterocycles. The SMILES string of the molecule is CC(=O)Nc1cc(CN)cnc1OCC(F)(F)F.Cl. The number of anilines is 1. The summed E-state index contributed by atoms with van der Waals surface area (Å²) in [5.74, 6) is -0.734. The highest BCUT2D eigenvalue weighted by molar-refractivity contribution is 5.90. The Morgan fingerprint density at radius 2 is 2.16 bits per heavy atom. The maximum Gasteiger partial charge on any atom is 0.422 e. The van der Waals surface area contributed by atoms with Gasteiger partial charge in [-0.15, -0.1) is 12.4 Å². The maximum absolute atomic E-state index is 12.0. The Bertz CT molecular complexity index is 441. The van der Waals surface area contributed by atoms with Crippen LogP contribution in [0.4, 0.5) is 18.9 Å². The van der Waals surface area contributed by atoms with E-state index >= 15 is 0 Å². The Labute approximate surface area is 113 Å². The first kappa shape index (κ1) is 17.5. The molecule has 19 heavy (non-hydrogen) atoms. The number of amides is 1. The fourth-order valence-electron chi connectivity index (χ4n) is 1.15. The predicted octanol–water partition coefficient (Wildman–Crippen LogP) is 1.86. The summed E-state index contributed by atoms with van der Waals surface area (Å²) in [6.07, 6.45) is -3.18. The molecule has 0 spiro atoms. The van der Waals surface area contributed by atoms with Gasteiger partial charge in [-0.1, -0.05) is 0 Å². The number of alkyl halides is 3. The van der Waals surface area contributed by atoms with E-state index < -0.39 is 18.7 Å². The minimum absolute atomic E-state index is 0. The van der Waals surface area contributed by atoms with E-state index in [0.717, 1.165) is 0 Å². The third-order valence-electron chi connectivity index (χ3n) is 1.83. The molecule has 0 fully saturated rings. The van der Waals surface area contributed by atoms with Crippen LogP contribution < -0.4 is 15.8 Å². The van der Waals surface area contributed by atoms with Crippen molar-refractivity contribution in [3.05, 3.63) is 17.8 Å². The van der Waals surface area contributed by atoms with Gasteiger partial charge < -0.3 is 15.8 Å². The monoisotopic (exact) mass is 299 g/mol. The van der Waals surface area contributed by atoms with E-state index in [0.29, 0.717) is 5.56 Å². The molecule has 0 saturated heterocycles. The summed E-state index contributed by atoms with van der Waals surface area (Å²) in [7, 11) is 0. The summed E-state index contributed by atoms with van der Waals surface area (Å²) >= 11 is 0. The van der Waals surface area contributed by atoms with E-state index in [1.807, 2.05) is 0 Å². The minimum atomic E-state index is -4.47. The zero-order chi connectivity index (χ0) is 13.8. The van der Waals surface area contributed by atoms with Crippen LogP contribution in [-0.2, 0) is 11.3 Å². The Balaban J connectivity index is 0.00000324. The molecule has 0 aliphatic carbocycles. The lowest BCUT2D eigenvalue weighted by Gasteiger charge is -2.13. The van der Waals surface area contributed by atoms with Gasteiger partial charge in [0.1, 0.15) is 5.69 Å². The van der Waals surface area contributed by atoms with Crippen LogP contribution in [0.3, 0.4) is 0 Å². The number of carbonyl (C=O) groups excluding carboxylic acids is 1. The lowest BCUT2D eigenvalue weighted by atomic mass is 10.2. The number of hydrogen-bond donors (Lipinski definition) is 2. The van der Waals surface area contributed by atoms with Crippen LogP contribution in [-0.4, -0.2) is 23.7 Å². The second-order valence-corrected chi connectivity index (χ2v) is 3.49. The number of nitrogens with two attached hydrogens (primary N) is 1. The van der Waals surface area contributed by atoms with E-state index in [-0.39, 0.29) is 30.5 Å². The third kappa shape index (κ3) is 6.25. The van der Waals surface area contributed by atoms with E-state index in [9.17, 15) is 18.0 Å². The quantitative estimate of drug-likeness (QED) is 0.889. The molecule has 0 atom stereocenters. The van der Waals surface area contributed by atoms with Crippen molar-refractivity contribution < 1.29 is 22.7 Å². The first-order valence-electron chi connectivity index (χ1n) is 4.98.